The van der Waals surface area contributed by atoms with E-state index in [2.05, 4.69) is 36.5 Å². The molecule has 11 nitrogen and oxygen atoms in total. The summed E-state index contributed by atoms with van der Waals surface area (Å²) in [4.78, 5) is 23.4. The molecule has 0 atom stereocenters. The first-order valence-corrected chi connectivity index (χ1v) is 10.4. The molecule has 32 heavy (non-hydrogen) atoms. The molecule has 0 bridgehead atoms. The fraction of sp³-hybridized carbons (Fsp3) is 0.200. The van der Waals surface area contributed by atoms with Crippen LogP contribution in [-0.2, 0) is 13.2 Å². The minimum atomic E-state index is -0.449. The summed E-state index contributed by atoms with van der Waals surface area (Å²) >= 11 is 3.37. The summed E-state index contributed by atoms with van der Waals surface area (Å²) < 4.78 is 5.67. The average Bonchev–Trinajstić information content (AvgIpc) is 3.42. The van der Waals surface area contributed by atoms with Gasteiger partial charge >= 0.3 is 5.69 Å². The number of rotatable bonds is 7. The van der Waals surface area contributed by atoms with Gasteiger partial charge in [0.1, 0.15) is 18.1 Å². The number of aryl methyl sites for hydroxylation is 1. The van der Waals surface area contributed by atoms with Gasteiger partial charge in [0, 0.05) is 18.1 Å². The molecule has 0 fully saturated rings. The number of hydrogen-bond acceptors (Lipinski definition) is 6. The summed E-state index contributed by atoms with van der Waals surface area (Å²) in [6.07, 6.45) is 5.21. The summed E-state index contributed by atoms with van der Waals surface area (Å²) in [7, 11) is 0. The van der Waals surface area contributed by atoms with E-state index < -0.39 is 4.92 Å². The van der Waals surface area contributed by atoms with Gasteiger partial charge in [0.2, 0.25) is 0 Å². The van der Waals surface area contributed by atoms with Gasteiger partial charge < -0.3 is 5.32 Å². The second-order valence-corrected chi connectivity index (χ2v) is 8.08. The van der Waals surface area contributed by atoms with Crippen molar-refractivity contribution in [1.82, 2.24) is 29.3 Å². The highest BCUT2D eigenvalue weighted by Gasteiger charge is 2.22. The van der Waals surface area contributed by atoms with Crippen molar-refractivity contribution in [2.24, 2.45) is 0 Å². The Morgan fingerprint density at radius 2 is 2.03 bits per heavy atom. The van der Waals surface area contributed by atoms with E-state index in [1.54, 1.807) is 43.1 Å². The summed E-state index contributed by atoms with van der Waals surface area (Å²) in [5, 5.41) is 26.7. The Morgan fingerprint density at radius 3 is 2.72 bits per heavy atom. The van der Waals surface area contributed by atoms with Crippen LogP contribution in [0.4, 0.5) is 11.4 Å². The molecule has 0 aliphatic rings. The van der Waals surface area contributed by atoms with Crippen LogP contribution in [0.2, 0.25) is 0 Å². The Bertz CT molecular complexity index is 1310. The van der Waals surface area contributed by atoms with Crippen LogP contribution >= 0.6 is 15.9 Å². The number of benzene rings is 1. The van der Waals surface area contributed by atoms with Gasteiger partial charge in [-0.1, -0.05) is 12.1 Å². The molecule has 0 radical (unpaired) electrons. The Morgan fingerprint density at radius 1 is 1.22 bits per heavy atom. The van der Waals surface area contributed by atoms with E-state index in [1.807, 2.05) is 24.4 Å². The monoisotopic (exact) mass is 498 g/mol. The maximum atomic E-state index is 12.6. The lowest BCUT2D eigenvalue weighted by atomic mass is 10.2. The molecule has 0 spiro atoms. The molecule has 0 aliphatic carbocycles. The molecule has 4 rings (SSSR count). The molecule has 1 aromatic carbocycles. The number of carbonyl (C=O) groups is 1. The first-order chi connectivity index (χ1) is 15.3. The SMILES string of the molecule is Cc1nn(Cn2ccc(C(=O)Nc3cccc(Cn4cc(Br)cn4)c3)n2)c(C)c1[N+](=O)[O-]. The number of carbonyl (C=O) groups excluding carboxylic acids is 1. The maximum Gasteiger partial charge on any atom is 0.312 e. The molecular weight excluding hydrogens is 480 g/mol. The summed E-state index contributed by atoms with van der Waals surface area (Å²) in [5.74, 6) is -0.359. The lowest BCUT2D eigenvalue weighted by molar-refractivity contribution is -0.386. The molecule has 4 aromatic rings. The Labute approximate surface area is 190 Å². The number of amides is 1. The molecule has 0 unspecified atom stereocenters. The third-order valence-corrected chi connectivity index (χ3v) is 5.22. The zero-order chi connectivity index (χ0) is 22.8. The average molecular weight is 499 g/mol. The molecule has 1 N–H and O–H groups in total. The van der Waals surface area contributed by atoms with Crippen molar-refractivity contribution < 1.29 is 9.72 Å². The van der Waals surface area contributed by atoms with E-state index in [0.29, 0.717) is 23.6 Å². The number of anilines is 1. The molecule has 3 heterocycles. The van der Waals surface area contributed by atoms with Crippen LogP contribution in [0.15, 0.2) is 53.4 Å². The highest BCUT2D eigenvalue weighted by Crippen LogP contribution is 2.21. The zero-order valence-corrected chi connectivity index (χ0v) is 18.9. The smallest absolute Gasteiger partial charge is 0.312 e. The van der Waals surface area contributed by atoms with Crippen LogP contribution in [0.1, 0.15) is 27.4 Å². The second-order valence-electron chi connectivity index (χ2n) is 7.17. The number of nitrogens with zero attached hydrogens (tertiary/aromatic N) is 7. The predicted molar refractivity (Wildman–Crippen MR) is 119 cm³/mol. The van der Waals surface area contributed by atoms with Gasteiger partial charge in [-0.2, -0.15) is 15.3 Å². The van der Waals surface area contributed by atoms with Crippen LogP contribution in [0.25, 0.3) is 0 Å². The molecule has 164 valence electrons. The molecule has 0 saturated heterocycles. The zero-order valence-electron chi connectivity index (χ0n) is 17.3. The fourth-order valence-corrected chi connectivity index (χ4v) is 3.67. The summed E-state index contributed by atoms with van der Waals surface area (Å²) in [6.45, 7) is 3.94. The van der Waals surface area contributed by atoms with Crippen molar-refractivity contribution in [2.75, 3.05) is 5.32 Å². The third kappa shape index (κ3) is 4.59. The molecule has 0 aliphatic heterocycles. The van der Waals surface area contributed by atoms with Gasteiger partial charge in [-0.25, -0.2) is 4.68 Å². The van der Waals surface area contributed by atoms with Gasteiger partial charge in [-0.05, 0) is 53.5 Å². The van der Waals surface area contributed by atoms with Gasteiger partial charge in [0.25, 0.3) is 5.91 Å². The van der Waals surface area contributed by atoms with Crippen molar-refractivity contribution in [2.45, 2.75) is 27.1 Å². The second kappa shape index (κ2) is 8.75. The van der Waals surface area contributed by atoms with Crippen LogP contribution in [0, 0.1) is 24.0 Å². The van der Waals surface area contributed by atoms with Crippen LogP contribution in [0.3, 0.4) is 0 Å². The number of halogens is 1. The summed E-state index contributed by atoms with van der Waals surface area (Å²) in [5.41, 5.74) is 2.59. The van der Waals surface area contributed by atoms with E-state index in [9.17, 15) is 14.9 Å². The largest absolute Gasteiger partial charge is 0.321 e. The molecule has 12 heteroatoms. The Balaban J connectivity index is 1.44. The normalized spacial score (nSPS) is 11.0. The Kier molecular flexibility index (Phi) is 5.86. The van der Waals surface area contributed by atoms with E-state index in [-0.39, 0.29) is 24.0 Å². The quantitative estimate of drug-likeness (QED) is 0.307. The van der Waals surface area contributed by atoms with Crippen LogP contribution in [-0.4, -0.2) is 40.2 Å². The van der Waals surface area contributed by atoms with Gasteiger partial charge in [0.05, 0.1) is 22.1 Å². The molecule has 3 aromatic heterocycles. The van der Waals surface area contributed by atoms with Gasteiger partial charge in [0.15, 0.2) is 5.69 Å². The fourth-order valence-electron chi connectivity index (χ4n) is 3.34. The number of nitro groups is 1. The first kappa shape index (κ1) is 21.4. The van der Waals surface area contributed by atoms with Crippen molar-refractivity contribution in [1.29, 1.82) is 0 Å². The van der Waals surface area contributed by atoms with Crippen LogP contribution in [0.5, 0.6) is 0 Å². The highest BCUT2D eigenvalue weighted by atomic mass is 79.9. The van der Waals surface area contributed by atoms with E-state index in [4.69, 9.17) is 0 Å². The van der Waals surface area contributed by atoms with Crippen molar-refractivity contribution in [3.05, 3.63) is 86.2 Å². The number of hydrogen-bond donors (Lipinski definition) is 1. The van der Waals surface area contributed by atoms with E-state index in [1.165, 1.54) is 9.36 Å². The minimum absolute atomic E-state index is 0.0162. The molecule has 1 amide bonds. The predicted octanol–water partition coefficient (Wildman–Crippen LogP) is 3.37. The van der Waals surface area contributed by atoms with Crippen molar-refractivity contribution in [3.8, 4) is 0 Å². The Hall–Kier alpha value is -3.80. The van der Waals surface area contributed by atoms with Crippen molar-refractivity contribution in [3.63, 3.8) is 0 Å². The number of aromatic nitrogens is 6. The summed E-state index contributed by atoms with van der Waals surface area (Å²) in [6, 6.07) is 9.07. The lowest BCUT2D eigenvalue weighted by Gasteiger charge is -2.07. The standard InChI is InChI=1S/C20H19BrN8O3/c1-13-19(29(31)32)14(2)28(24-13)12-26-7-6-18(25-26)20(30)23-17-5-3-4-15(8-17)10-27-11-16(21)9-22-27/h3-9,11H,10,12H2,1-2H3,(H,23,30). The molecule has 0 saturated carbocycles. The number of nitrogens with one attached hydrogen (secondary N) is 1. The maximum absolute atomic E-state index is 12.6. The lowest BCUT2D eigenvalue weighted by Crippen LogP contribution is -2.16. The van der Waals surface area contributed by atoms with Crippen LogP contribution < -0.4 is 5.32 Å². The van der Waals surface area contributed by atoms with Gasteiger partial charge in [-0.3, -0.25) is 24.3 Å². The van der Waals surface area contributed by atoms with Crippen molar-refractivity contribution >= 4 is 33.2 Å². The van der Waals surface area contributed by atoms with E-state index >= 15 is 0 Å². The van der Waals surface area contributed by atoms with Gasteiger partial charge in [-0.15, -0.1) is 0 Å². The third-order valence-electron chi connectivity index (χ3n) is 4.81. The minimum Gasteiger partial charge on any atom is -0.321 e. The topological polar surface area (TPSA) is 126 Å². The highest BCUT2D eigenvalue weighted by molar-refractivity contribution is 9.10. The first-order valence-electron chi connectivity index (χ1n) is 9.60. The molecular formula is C20H19BrN8O3. The van der Waals surface area contributed by atoms with E-state index in [0.717, 1.165) is 10.0 Å².